The highest BCUT2D eigenvalue weighted by Gasteiger charge is 2.31. The summed E-state index contributed by atoms with van der Waals surface area (Å²) in [6.45, 7) is 2.34. The highest BCUT2D eigenvalue weighted by Crippen LogP contribution is 2.29. The molecule has 10 heteroatoms. The van der Waals surface area contributed by atoms with Gasteiger partial charge in [0.05, 0.1) is 12.1 Å². The van der Waals surface area contributed by atoms with Crippen LogP contribution in [0, 0.1) is 0 Å². The first kappa shape index (κ1) is 17.0. The van der Waals surface area contributed by atoms with Gasteiger partial charge in [0, 0.05) is 42.3 Å². The number of hydrogen-bond donors (Lipinski definition) is 2. The van der Waals surface area contributed by atoms with E-state index in [-0.39, 0.29) is 5.75 Å². The van der Waals surface area contributed by atoms with Crippen molar-refractivity contribution in [3.8, 4) is 5.75 Å². The number of nitrogens with zero attached hydrogens (tertiary/aromatic N) is 3. The molecule has 1 aliphatic rings. The van der Waals surface area contributed by atoms with Crippen molar-refractivity contribution in [3.05, 3.63) is 40.5 Å². The van der Waals surface area contributed by atoms with Crippen molar-refractivity contribution >= 4 is 27.9 Å². The largest absolute Gasteiger partial charge is 0.573 e. The van der Waals surface area contributed by atoms with Gasteiger partial charge in [-0.05, 0) is 18.2 Å². The van der Waals surface area contributed by atoms with Crippen molar-refractivity contribution in [3.63, 3.8) is 0 Å². The van der Waals surface area contributed by atoms with Crippen molar-refractivity contribution in [2.75, 3.05) is 18.4 Å². The number of fused-ring (bicyclic) bond motifs is 1. The number of halogens is 3. The molecule has 1 aromatic carbocycles. The minimum Gasteiger partial charge on any atom is -0.406 e. The quantitative estimate of drug-likeness (QED) is 0.707. The van der Waals surface area contributed by atoms with Crippen LogP contribution in [-0.2, 0) is 6.54 Å². The Bertz CT molecular complexity index is 926. The molecule has 0 amide bonds. The van der Waals surface area contributed by atoms with Gasteiger partial charge in [0.25, 0.3) is 0 Å². The Labute approximate surface area is 150 Å². The summed E-state index contributed by atoms with van der Waals surface area (Å²) in [5, 5.41) is 17.4. The number of hydrogen-bond acceptors (Lipinski definition) is 7. The summed E-state index contributed by atoms with van der Waals surface area (Å²) in [7, 11) is 0. The SMILES string of the molecule is FC(F)(F)Oc1ccc2c(NCc3nnc(C4CNC4)s3)ccnc2c1. The number of ether oxygens (including phenoxy) is 1. The van der Waals surface area contributed by atoms with E-state index in [0.29, 0.717) is 23.4 Å². The molecule has 0 radical (unpaired) electrons. The summed E-state index contributed by atoms with van der Waals surface area (Å²) in [4.78, 5) is 4.11. The van der Waals surface area contributed by atoms with E-state index < -0.39 is 6.36 Å². The predicted molar refractivity (Wildman–Crippen MR) is 91.3 cm³/mol. The Balaban J connectivity index is 1.50. The zero-order valence-corrected chi connectivity index (χ0v) is 14.2. The fourth-order valence-electron chi connectivity index (χ4n) is 2.62. The summed E-state index contributed by atoms with van der Waals surface area (Å²) in [5.41, 5.74) is 1.17. The number of nitrogens with one attached hydrogen (secondary N) is 2. The highest BCUT2D eigenvalue weighted by molar-refractivity contribution is 7.11. The third-order valence-electron chi connectivity index (χ3n) is 3.99. The second kappa shape index (κ2) is 6.69. The molecule has 136 valence electrons. The average Bonchev–Trinajstić information content (AvgIpc) is 2.97. The molecule has 3 aromatic rings. The van der Waals surface area contributed by atoms with E-state index in [4.69, 9.17) is 0 Å². The minimum absolute atomic E-state index is 0.294. The van der Waals surface area contributed by atoms with Crippen molar-refractivity contribution in [2.45, 2.75) is 18.8 Å². The maximum atomic E-state index is 12.3. The topological polar surface area (TPSA) is 72.0 Å². The van der Waals surface area contributed by atoms with Crippen LogP contribution >= 0.6 is 11.3 Å². The van der Waals surface area contributed by atoms with Crippen LogP contribution in [0.4, 0.5) is 18.9 Å². The second-order valence-corrected chi connectivity index (χ2v) is 6.92. The monoisotopic (exact) mass is 381 g/mol. The lowest BCUT2D eigenvalue weighted by atomic mass is 10.1. The Morgan fingerprint density at radius 3 is 2.81 bits per heavy atom. The van der Waals surface area contributed by atoms with Crippen LogP contribution in [0.5, 0.6) is 5.75 Å². The molecule has 2 aromatic heterocycles. The van der Waals surface area contributed by atoms with Crippen LogP contribution in [0.15, 0.2) is 30.5 Å². The van der Waals surface area contributed by atoms with Crippen molar-refractivity contribution in [1.82, 2.24) is 20.5 Å². The van der Waals surface area contributed by atoms with Gasteiger partial charge in [-0.15, -0.1) is 23.4 Å². The van der Waals surface area contributed by atoms with Gasteiger partial charge in [-0.2, -0.15) is 0 Å². The van der Waals surface area contributed by atoms with Gasteiger partial charge >= 0.3 is 6.36 Å². The molecular formula is C16H14F3N5OS. The normalized spacial score (nSPS) is 15.0. The van der Waals surface area contributed by atoms with Crippen LogP contribution in [0.2, 0.25) is 0 Å². The molecule has 0 spiro atoms. The standard InChI is InChI=1S/C16H14F3N5OS/c17-16(18,19)25-10-1-2-11-12(3-4-21-13(11)5-10)22-8-14-23-24-15(26-14)9-6-20-7-9/h1-5,9,20H,6-8H2,(H,21,22). The molecule has 1 fully saturated rings. The molecule has 0 aliphatic carbocycles. The number of benzene rings is 1. The van der Waals surface area contributed by atoms with E-state index in [1.165, 1.54) is 18.3 Å². The highest BCUT2D eigenvalue weighted by atomic mass is 32.1. The van der Waals surface area contributed by atoms with Crippen molar-refractivity contribution < 1.29 is 17.9 Å². The lowest BCUT2D eigenvalue weighted by Crippen LogP contribution is -2.39. The molecule has 2 N–H and O–H groups in total. The maximum Gasteiger partial charge on any atom is 0.573 e. The van der Waals surface area contributed by atoms with Gasteiger partial charge < -0.3 is 15.4 Å². The number of anilines is 1. The van der Waals surface area contributed by atoms with E-state index in [2.05, 4.69) is 30.6 Å². The minimum atomic E-state index is -4.73. The van der Waals surface area contributed by atoms with Crippen LogP contribution in [0.25, 0.3) is 10.9 Å². The van der Waals surface area contributed by atoms with Gasteiger partial charge in [0.15, 0.2) is 0 Å². The van der Waals surface area contributed by atoms with Crippen LogP contribution in [0.3, 0.4) is 0 Å². The second-order valence-electron chi connectivity index (χ2n) is 5.83. The third-order valence-corrected chi connectivity index (χ3v) is 5.08. The first-order chi connectivity index (χ1) is 12.5. The smallest absolute Gasteiger partial charge is 0.406 e. The average molecular weight is 381 g/mol. The Morgan fingerprint density at radius 2 is 2.08 bits per heavy atom. The predicted octanol–water partition coefficient (Wildman–Crippen LogP) is 3.28. The van der Waals surface area contributed by atoms with Crippen molar-refractivity contribution in [1.29, 1.82) is 0 Å². The number of pyridine rings is 1. The lowest BCUT2D eigenvalue weighted by molar-refractivity contribution is -0.274. The van der Waals surface area contributed by atoms with Crippen LogP contribution in [-0.4, -0.2) is 34.6 Å². The molecule has 0 bridgehead atoms. The molecule has 0 atom stereocenters. The summed E-state index contributed by atoms with van der Waals surface area (Å²) < 4.78 is 41.0. The third kappa shape index (κ3) is 3.70. The van der Waals surface area contributed by atoms with Gasteiger partial charge in [-0.25, -0.2) is 0 Å². The fraction of sp³-hybridized carbons (Fsp3) is 0.312. The molecule has 4 rings (SSSR count). The summed E-state index contributed by atoms with van der Waals surface area (Å²) >= 11 is 1.56. The summed E-state index contributed by atoms with van der Waals surface area (Å²) in [6, 6.07) is 5.86. The zero-order chi connectivity index (χ0) is 18.1. The molecule has 1 aliphatic heterocycles. The van der Waals surface area contributed by atoms with E-state index in [9.17, 15) is 13.2 Å². The first-order valence-corrected chi connectivity index (χ1v) is 8.71. The lowest BCUT2D eigenvalue weighted by Gasteiger charge is -2.24. The van der Waals surface area contributed by atoms with E-state index in [1.807, 2.05) is 0 Å². The fourth-order valence-corrected chi connectivity index (χ4v) is 3.50. The van der Waals surface area contributed by atoms with E-state index in [0.717, 1.165) is 28.8 Å². The molecule has 3 heterocycles. The van der Waals surface area contributed by atoms with Gasteiger partial charge in [0.2, 0.25) is 0 Å². The molecule has 26 heavy (non-hydrogen) atoms. The molecule has 6 nitrogen and oxygen atoms in total. The van der Waals surface area contributed by atoms with E-state index >= 15 is 0 Å². The Hall–Kier alpha value is -2.46. The van der Waals surface area contributed by atoms with Gasteiger partial charge in [-0.1, -0.05) is 11.3 Å². The molecule has 0 saturated carbocycles. The number of alkyl halides is 3. The van der Waals surface area contributed by atoms with Gasteiger partial charge in [-0.3, -0.25) is 4.98 Å². The van der Waals surface area contributed by atoms with Gasteiger partial charge in [0.1, 0.15) is 15.8 Å². The molecule has 1 saturated heterocycles. The first-order valence-electron chi connectivity index (χ1n) is 7.89. The molecular weight excluding hydrogens is 367 g/mol. The van der Waals surface area contributed by atoms with Crippen LogP contribution in [0.1, 0.15) is 15.9 Å². The summed E-state index contributed by atoms with van der Waals surface area (Å²) in [6.07, 6.45) is -3.19. The maximum absolute atomic E-state index is 12.3. The van der Waals surface area contributed by atoms with Crippen LogP contribution < -0.4 is 15.4 Å². The van der Waals surface area contributed by atoms with Crippen molar-refractivity contribution in [2.24, 2.45) is 0 Å². The van der Waals surface area contributed by atoms with E-state index in [1.54, 1.807) is 23.5 Å². The number of rotatable bonds is 5. The summed E-state index contributed by atoms with van der Waals surface area (Å²) in [5.74, 6) is 0.146. The molecule has 0 unspecified atom stereocenters. The Kier molecular flexibility index (Phi) is 4.37. The zero-order valence-electron chi connectivity index (χ0n) is 13.4. The Morgan fingerprint density at radius 1 is 1.23 bits per heavy atom. The number of aromatic nitrogens is 3.